The largest absolute Gasteiger partial charge is 0.468 e. The number of carbonyl (C=O) groups is 1. The van der Waals surface area contributed by atoms with Gasteiger partial charge in [0.15, 0.2) is 5.82 Å². The third kappa shape index (κ3) is 4.78. The number of rotatable bonds is 7. The van der Waals surface area contributed by atoms with E-state index in [1.54, 1.807) is 25.3 Å². The molecule has 0 aliphatic rings. The highest BCUT2D eigenvalue weighted by Crippen LogP contribution is 2.09. The fourth-order valence-electron chi connectivity index (χ4n) is 1.86. The van der Waals surface area contributed by atoms with Gasteiger partial charge in [-0.05, 0) is 19.1 Å². The number of aromatic nitrogens is 1. The smallest absolute Gasteiger partial charge is 0.239 e. The number of nitriles is 1. The van der Waals surface area contributed by atoms with Gasteiger partial charge < -0.3 is 14.3 Å². The van der Waals surface area contributed by atoms with Crippen molar-refractivity contribution in [1.82, 2.24) is 10.1 Å². The van der Waals surface area contributed by atoms with Gasteiger partial charge in [-0.2, -0.15) is 5.26 Å². The average molecular weight is 288 g/mol. The van der Waals surface area contributed by atoms with Gasteiger partial charge in [0.1, 0.15) is 11.5 Å². The molecule has 0 radical (unpaired) electrons. The second-order valence-corrected chi connectivity index (χ2v) is 4.57. The monoisotopic (exact) mass is 288 g/mol. The predicted molar refractivity (Wildman–Crippen MR) is 74.1 cm³/mol. The second-order valence-electron chi connectivity index (χ2n) is 4.57. The number of carbonyl (C=O) groups excluding carboxylic acids is 1. The molecule has 0 saturated carbocycles. The number of hydrogen-bond acceptors (Lipinski definition) is 6. The molecule has 0 aliphatic heterocycles. The molecule has 0 aromatic carbocycles. The van der Waals surface area contributed by atoms with Gasteiger partial charge in [-0.3, -0.25) is 9.69 Å². The third-order valence-corrected chi connectivity index (χ3v) is 2.76. The molecule has 0 spiro atoms. The lowest BCUT2D eigenvalue weighted by Gasteiger charge is -2.18. The summed E-state index contributed by atoms with van der Waals surface area (Å²) >= 11 is 0. The molecule has 0 fully saturated rings. The Bertz CT molecular complexity index is 612. The lowest BCUT2D eigenvalue weighted by atomic mass is 10.3. The number of furan rings is 1. The van der Waals surface area contributed by atoms with E-state index in [9.17, 15) is 4.79 Å². The van der Waals surface area contributed by atoms with Crippen molar-refractivity contribution in [2.45, 2.75) is 19.9 Å². The van der Waals surface area contributed by atoms with Gasteiger partial charge in [-0.1, -0.05) is 5.16 Å². The Labute approximate surface area is 122 Å². The van der Waals surface area contributed by atoms with Crippen LogP contribution in [0.2, 0.25) is 0 Å². The van der Waals surface area contributed by atoms with Gasteiger partial charge in [0.05, 0.1) is 25.4 Å². The summed E-state index contributed by atoms with van der Waals surface area (Å²) in [6.07, 6.45) is 1.92. The topological polar surface area (TPSA) is 95.3 Å². The highest BCUT2D eigenvalue weighted by molar-refractivity contribution is 5.91. The normalized spacial score (nSPS) is 10.5. The van der Waals surface area contributed by atoms with Crippen LogP contribution in [0.1, 0.15) is 17.9 Å². The van der Waals surface area contributed by atoms with Crippen molar-refractivity contribution in [3.05, 3.63) is 36.0 Å². The Kier molecular flexibility index (Phi) is 5.12. The molecule has 0 atom stereocenters. The van der Waals surface area contributed by atoms with Crippen LogP contribution in [0.15, 0.2) is 33.4 Å². The van der Waals surface area contributed by atoms with E-state index >= 15 is 0 Å². The van der Waals surface area contributed by atoms with Crippen LogP contribution in [0, 0.1) is 18.3 Å². The maximum Gasteiger partial charge on any atom is 0.239 e. The summed E-state index contributed by atoms with van der Waals surface area (Å²) in [5.74, 6) is 1.55. The molecule has 0 unspecified atom stereocenters. The molecule has 21 heavy (non-hydrogen) atoms. The van der Waals surface area contributed by atoms with Crippen LogP contribution in [0.25, 0.3) is 0 Å². The van der Waals surface area contributed by atoms with Crippen molar-refractivity contribution < 1.29 is 13.7 Å². The van der Waals surface area contributed by atoms with E-state index in [-0.39, 0.29) is 12.5 Å². The summed E-state index contributed by atoms with van der Waals surface area (Å²) in [6, 6.07) is 7.33. The number of nitrogens with zero attached hydrogens (tertiary/aromatic N) is 3. The van der Waals surface area contributed by atoms with Crippen molar-refractivity contribution in [3.8, 4) is 6.07 Å². The summed E-state index contributed by atoms with van der Waals surface area (Å²) in [5.41, 5.74) is 0. The Hall–Kier alpha value is -2.59. The highest BCUT2D eigenvalue weighted by atomic mass is 16.5. The maximum absolute atomic E-state index is 12.0. The minimum atomic E-state index is -0.215. The predicted octanol–water partition coefficient (Wildman–Crippen LogP) is 1.93. The van der Waals surface area contributed by atoms with E-state index in [4.69, 9.17) is 14.2 Å². The van der Waals surface area contributed by atoms with Gasteiger partial charge in [-0.15, -0.1) is 0 Å². The Balaban J connectivity index is 1.90. The van der Waals surface area contributed by atoms with E-state index in [2.05, 4.69) is 16.5 Å². The van der Waals surface area contributed by atoms with Crippen molar-refractivity contribution in [2.24, 2.45) is 0 Å². The first-order chi connectivity index (χ1) is 10.2. The Morgan fingerprint density at radius 1 is 1.57 bits per heavy atom. The molecule has 7 nitrogen and oxygen atoms in total. The zero-order valence-electron chi connectivity index (χ0n) is 11.7. The Morgan fingerprint density at radius 2 is 2.43 bits per heavy atom. The molecule has 0 saturated heterocycles. The molecular formula is C14H16N4O3. The van der Waals surface area contributed by atoms with Gasteiger partial charge in [0.2, 0.25) is 5.91 Å². The van der Waals surface area contributed by atoms with Crippen LogP contribution >= 0.6 is 0 Å². The van der Waals surface area contributed by atoms with Gasteiger partial charge >= 0.3 is 0 Å². The van der Waals surface area contributed by atoms with E-state index in [0.717, 1.165) is 5.76 Å². The minimum Gasteiger partial charge on any atom is -0.468 e. The van der Waals surface area contributed by atoms with Gasteiger partial charge in [-0.25, -0.2) is 0 Å². The van der Waals surface area contributed by atoms with Crippen molar-refractivity contribution >= 4 is 11.7 Å². The fraction of sp³-hybridized carbons (Fsp3) is 0.357. The fourth-order valence-corrected chi connectivity index (χ4v) is 1.86. The number of nitrogens with one attached hydrogen (secondary N) is 1. The molecule has 1 amide bonds. The van der Waals surface area contributed by atoms with Crippen LogP contribution < -0.4 is 5.32 Å². The SMILES string of the molecule is Cc1cc(NC(=O)CN(CCC#N)Cc2ccco2)no1. The van der Waals surface area contributed by atoms with Crippen molar-refractivity contribution in [3.63, 3.8) is 0 Å². The summed E-state index contributed by atoms with van der Waals surface area (Å²) in [5, 5.41) is 15.0. The van der Waals surface area contributed by atoms with Gasteiger partial charge in [0, 0.05) is 19.0 Å². The molecule has 0 bridgehead atoms. The molecule has 2 heterocycles. The summed E-state index contributed by atoms with van der Waals surface area (Å²) < 4.78 is 10.1. The van der Waals surface area contributed by atoms with Crippen molar-refractivity contribution in [2.75, 3.05) is 18.4 Å². The van der Waals surface area contributed by atoms with Crippen LogP contribution in [0.5, 0.6) is 0 Å². The lowest BCUT2D eigenvalue weighted by Crippen LogP contribution is -2.33. The minimum absolute atomic E-state index is 0.147. The number of hydrogen-bond donors (Lipinski definition) is 1. The molecule has 7 heteroatoms. The van der Waals surface area contributed by atoms with Gasteiger partial charge in [0.25, 0.3) is 0 Å². The third-order valence-electron chi connectivity index (χ3n) is 2.76. The first-order valence-corrected chi connectivity index (χ1v) is 6.52. The summed E-state index contributed by atoms with van der Waals surface area (Å²) in [6.45, 7) is 2.86. The van der Waals surface area contributed by atoms with Crippen LogP contribution in [0.4, 0.5) is 5.82 Å². The van der Waals surface area contributed by atoms with Crippen LogP contribution in [-0.2, 0) is 11.3 Å². The number of aryl methyl sites for hydroxylation is 1. The van der Waals surface area contributed by atoms with E-state index in [1.165, 1.54) is 0 Å². The number of anilines is 1. The molecule has 1 N–H and O–H groups in total. The van der Waals surface area contributed by atoms with Crippen LogP contribution in [0.3, 0.4) is 0 Å². The van der Waals surface area contributed by atoms with Crippen LogP contribution in [-0.4, -0.2) is 29.1 Å². The first kappa shape index (κ1) is 14.8. The highest BCUT2D eigenvalue weighted by Gasteiger charge is 2.14. The molecule has 0 aliphatic carbocycles. The quantitative estimate of drug-likeness (QED) is 0.836. The zero-order valence-corrected chi connectivity index (χ0v) is 11.7. The maximum atomic E-state index is 12.0. The molecule has 110 valence electrons. The molecule has 2 rings (SSSR count). The first-order valence-electron chi connectivity index (χ1n) is 6.52. The molecule has 2 aromatic heterocycles. The van der Waals surface area contributed by atoms with Crippen molar-refractivity contribution in [1.29, 1.82) is 5.26 Å². The average Bonchev–Trinajstić information content (AvgIpc) is 3.08. The standard InChI is InChI=1S/C14H16N4O3/c1-11-8-13(17-21-11)16-14(19)10-18(6-3-5-15)9-12-4-2-7-20-12/h2,4,7-8H,3,6,9-10H2,1H3,(H,16,17,19). The molecular weight excluding hydrogens is 272 g/mol. The lowest BCUT2D eigenvalue weighted by molar-refractivity contribution is -0.117. The van der Waals surface area contributed by atoms with E-state index in [0.29, 0.717) is 31.1 Å². The summed E-state index contributed by atoms with van der Waals surface area (Å²) in [7, 11) is 0. The number of amides is 1. The molecule has 2 aromatic rings. The zero-order chi connectivity index (χ0) is 15.1. The summed E-state index contributed by atoms with van der Waals surface area (Å²) in [4.78, 5) is 13.8. The van der Waals surface area contributed by atoms with E-state index < -0.39 is 0 Å². The van der Waals surface area contributed by atoms with E-state index in [1.807, 2.05) is 11.0 Å². The second kappa shape index (κ2) is 7.26. The Morgan fingerprint density at radius 3 is 3.05 bits per heavy atom.